The van der Waals surface area contributed by atoms with Gasteiger partial charge in [0.2, 0.25) is 0 Å². The van der Waals surface area contributed by atoms with E-state index >= 15 is 0 Å². The topological polar surface area (TPSA) is 71.3 Å². The fourth-order valence-corrected chi connectivity index (χ4v) is 4.64. The van der Waals surface area contributed by atoms with Crippen LogP contribution in [0.5, 0.6) is 0 Å². The van der Waals surface area contributed by atoms with E-state index in [1.807, 2.05) is 71.3 Å². The van der Waals surface area contributed by atoms with E-state index < -0.39 is 0 Å². The number of hydrogen-bond donors (Lipinski definition) is 3. The van der Waals surface area contributed by atoms with Gasteiger partial charge in [-0.2, -0.15) is 0 Å². The Morgan fingerprint density at radius 2 is 1.73 bits per heavy atom. The average Bonchev–Trinajstić information content (AvgIpc) is 3.10. The van der Waals surface area contributed by atoms with Crippen LogP contribution in [0.3, 0.4) is 0 Å². The Morgan fingerprint density at radius 3 is 2.60 bits per heavy atom. The number of benzene rings is 3. The SMILES string of the molecule is O=C(C[NH+]1CCC(n2c(=O)[nH]c3ccccc32)CC1)Nc1cccc2ccccc12. The van der Waals surface area contributed by atoms with Gasteiger partial charge in [0.15, 0.2) is 6.54 Å². The molecule has 0 unspecified atom stereocenters. The van der Waals surface area contributed by atoms with Gasteiger partial charge in [0.1, 0.15) is 0 Å². The number of H-pyrrole nitrogens is 1. The van der Waals surface area contributed by atoms with Crippen molar-refractivity contribution in [2.24, 2.45) is 0 Å². The van der Waals surface area contributed by atoms with Gasteiger partial charge in [0, 0.05) is 30.0 Å². The lowest BCUT2D eigenvalue weighted by Crippen LogP contribution is -3.14. The monoisotopic (exact) mass is 401 g/mol. The zero-order valence-corrected chi connectivity index (χ0v) is 16.7. The molecule has 1 aromatic heterocycles. The van der Waals surface area contributed by atoms with Crippen molar-refractivity contribution in [1.29, 1.82) is 0 Å². The molecule has 30 heavy (non-hydrogen) atoms. The number of para-hydroxylation sites is 2. The fourth-order valence-electron chi connectivity index (χ4n) is 4.64. The van der Waals surface area contributed by atoms with Crippen molar-refractivity contribution in [2.45, 2.75) is 18.9 Å². The molecule has 1 aliphatic rings. The van der Waals surface area contributed by atoms with Crippen molar-refractivity contribution in [1.82, 2.24) is 9.55 Å². The number of fused-ring (bicyclic) bond motifs is 2. The van der Waals surface area contributed by atoms with Crippen LogP contribution >= 0.6 is 0 Å². The number of carbonyl (C=O) groups is 1. The molecule has 0 bridgehead atoms. The van der Waals surface area contributed by atoms with Gasteiger partial charge >= 0.3 is 5.69 Å². The summed E-state index contributed by atoms with van der Waals surface area (Å²) in [4.78, 5) is 29.3. The van der Waals surface area contributed by atoms with Crippen LogP contribution in [0.15, 0.2) is 71.5 Å². The Balaban J connectivity index is 1.23. The molecule has 0 spiro atoms. The molecule has 5 rings (SSSR count). The molecular weight excluding hydrogens is 376 g/mol. The molecule has 1 aliphatic heterocycles. The van der Waals surface area contributed by atoms with Gasteiger partial charge in [-0.3, -0.25) is 9.36 Å². The first-order valence-corrected chi connectivity index (χ1v) is 10.5. The van der Waals surface area contributed by atoms with Crippen molar-refractivity contribution in [3.05, 3.63) is 77.2 Å². The van der Waals surface area contributed by atoms with Crippen LogP contribution in [-0.2, 0) is 4.79 Å². The third-order valence-electron chi connectivity index (χ3n) is 6.13. The van der Waals surface area contributed by atoms with Gasteiger partial charge in [0.05, 0.1) is 24.1 Å². The third-order valence-corrected chi connectivity index (χ3v) is 6.13. The van der Waals surface area contributed by atoms with E-state index in [4.69, 9.17) is 0 Å². The smallest absolute Gasteiger partial charge is 0.326 e. The summed E-state index contributed by atoms with van der Waals surface area (Å²) in [6.07, 6.45) is 1.78. The van der Waals surface area contributed by atoms with E-state index in [1.165, 1.54) is 4.90 Å². The molecule has 0 saturated carbocycles. The maximum absolute atomic E-state index is 12.7. The van der Waals surface area contributed by atoms with Gasteiger partial charge in [-0.15, -0.1) is 0 Å². The van der Waals surface area contributed by atoms with Gasteiger partial charge < -0.3 is 15.2 Å². The van der Waals surface area contributed by atoms with Crippen molar-refractivity contribution in [2.75, 3.05) is 25.0 Å². The second-order valence-electron chi connectivity index (χ2n) is 8.05. The number of piperidine rings is 1. The molecule has 0 radical (unpaired) electrons. The predicted octanol–water partition coefficient (Wildman–Crippen LogP) is 2.34. The summed E-state index contributed by atoms with van der Waals surface area (Å²) < 4.78 is 1.89. The lowest BCUT2D eigenvalue weighted by molar-refractivity contribution is -0.897. The number of likely N-dealkylation sites (tertiary alicyclic amines) is 1. The summed E-state index contributed by atoms with van der Waals surface area (Å²) in [7, 11) is 0. The molecule has 4 aromatic rings. The first-order chi connectivity index (χ1) is 14.7. The average molecular weight is 401 g/mol. The normalized spacial score (nSPS) is 19.2. The Labute approximate surface area is 174 Å². The maximum Gasteiger partial charge on any atom is 0.326 e. The van der Waals surface area contributed by atoms with Gasteiger partial charge in [-0.1, -0.05) is 48.5 Å². The highest BCUT2D eigenvalue weighted by Gasteiger charge is 2.27. The van der Waals surface area contributed by atoms with E-state index in [0.717, 1.165) is 53.4 Å². The molecule has 6 nitrogen and oxygen atoms in total. The van der Waals surface area contributed by atoms with Crippen LogP contribution in [0.25, 0.3) is 21.8 Å². The minimum atomic E-state index is -0.0432. The molecule has 1 amide bonds. The summed E-state index contributed by atoms with van der Waals surface area (Å²) in [6.45, 7) is 2.19. The lowest BCUT2D eigenvalue weighted by atomic mass is 10.0. The summed E-state index contributed by atoms with van der Waals surface area (Å²) in [6, 6.07) is 22.0. The number of aromatic nitrogens is 2. The fraction of sp³-hybridized carbons (Fsp3) is 0.250. The molecule has 6 heteroatoms. The highest BCUT2D eigenvalue weighted by molar-refractivity contribution is 6.02. The van der Waals surface area contributed by atoms with Crippen LogP contribution in [0, 0.1) is 0 Å². The first kappa shape index (κ1) is 18.6. The zero-order chi connectivity index (χ0) is 20.5. The lowest BCUT2D eigenvalue weighted by Gasteiger charge is -2.29. The highest BCUT2D eigenvalue weighted by atomic mass is 16.2. The number of hydrogen-bond acceptors (Lipinski definition) is 2. The van der Waals surface area contributed by atoms with E-state index in [2.05, 4.69) is 10.3 Å². The zero-order valence-electron chi connectivity index (χ0n) is 16.7. The largest absolute Gasteiger partial charge is 0.327 e. The van der Waals surface area contributed by atoms with Gasteiger partial charge in [-0.05, 0) is 23.6 Å². The Kier molecular flexibility index (Phi) is 4.85. The number of aromatic amines is 1. The molecule has 1 saturated heterocycles. The van der Waals surface area contributed by atoms with Crippen LogP contribution in [0.2, 0.25) is 0 Å². The Hall–Kier alpha value is -3.38. The van der Waals surface area contributed by atoms with Crippen molar-refractivity contribution in [3.63, 3.8) is 0 Å². The van der Waals surface area contributed by atoms with Crippen molar-refractivity contribution >= 4 is 33.4 Å². The summed E-state index contributed by atoms with van der Waals surface area (Å²) in [5.41, 5.74) is 2.66. The van der Waals surface area contributed by atoms with Gasteiger partial charge in [-0.25, -0.2) is 4.79 Å². The van der Waals surface area contributed by atoms with Crippen molar-refractivity contribution < 1.29 is 9.69 Å². The second kappa shape index (κ2) is 7.80. The number of anilines is 1. The van der Waals surface area contributed by atoms with Crippen LogP contribution < -0.4 is 15.9 Å². The number of carbonyl (C=O) groups excluding carboxylic acids is 1. The number of rotatable bonds is 4. The highest BCUT2D eigenvalue weighted by Crippen LogP contribution is 2.23. The minimum Gasteiger partial charge on any atom is -0.327 e. The maximum atomic E-state index is 12.7. The standard InChI is InChI=1S/C24H24N4O2/c29-23(25-20-10-5-7-17-6-1-2-8-19(17)20)16-27-14-12-18(13-15-27)28-22-11-4-3-9-21(22)26-24(28)30/h1-11,18H,12-16H2,(H,25,29)(H,26,30)/p+1. The van der Waals surface area contributed by atoms with Crippen molar-refractivity contribution in [3.8, 4) is 0 Å². The molecule has 1 fully saturated rings. The predicted molar refractivity (Wildman–Crippen MR) is 119 cm³/mol. The molecular formula is C24H25N4O2+. The first-order valence-electron chi connectivity index (χ1n) is 10.5. The Morgan fingerprint density at radius 1 is 1.00 bits per heavy atom. The number of nitrogens with one attached hydrogen (secondary N) is 3. The van der Waals surface area contributed by atoms with E-state index in [-0.39, 0.29) is 17.6 Å². The van der Waals surface area contributed by atoms with Crippen LogP contribution in [0.1, 0.15) is 18.9 Å². The van der Waals surface area contributed by atoms with E-state index in [1.54, 1.807) is 0 Å². The molecule has 2 heterocycles. The third kappa shape index (κ3) is 3.50. The number of amides is 1. The second-order valence-corrected chi connectivity index (χ2v) is 8.05. The molecule has 0 atom stereocenters. The van der Waals surface area contributed by atoms with E-state index in [0.29, 0.717) is 6.54 Å². The molecule has 3 N–H and O–H groups in total. The minimum absolute atomic E-state index is 0.0315. The van der Waals surface area contributed by atoms with Gasteiger partial charge in [0.25, 0.3) is 5.91 Å². The number of quaternary nitrogens is 1. The Bertz CT molecular complexity index is 1260. The van der Waals surface area contributed by atoms with Crippen LogP contribution in [-0.4, -0.2) is 35.1 Å². The van der Waals surface area contributed by atoms with Crippen LogP contribution in [0.4, 0.5) is 5.69 Å². The summed E-state index contributed by atoms with van der Waals surface area (Å²) in [5.74, 6) is 0.0315. The number of nitrogens with zero attached hydrogens (tertiary/aromatic N) is 1. The molecule has 3 aromatic carbocycles. The van der Waals surface area contributed by atoms with E-state index in [9.17, 15) is 9.59 Å². The number of imidazole rings is 1. The quantitative estimate of drug-likeness (QED) is 0.491. The summed E-state index contributed by atoms with van der Waals surface area (Å²) in [5, 5.41) is 5.26. The molecule has 0 aliphatic carbocycles. The molecule has 152 valence electrons. The summed E-state index contributed by atoms with van der Waals surface area (Å²) >= 11 is 0.